The Kier molecular flexibility index (Phi) is 5.36. The van der Waals surface area contributed by atoms with Gasteiger partial charge >= 0.3 is 0 Å². The van der Waals surface area contributed by atoms with E-state index in [2.05, 4.69) is 29.1 Å². The predicted molar refractivity (Wildman–Crippen MR) is 85.0 cm³/mol. The first-order valence-electron chi connectivity index (χ1n) is 7.06. The third-order valence-electron chi connectivity index (χ3n) is 3.45. The van der Waals surface area contributed by atoms with E-state index in [0.717, 1.165) is 30.8 Å². The molecular formula is C16H20ClN3. The first kappa shape index (κ1) is 14.8. The van der Waals surface area contributed by atoms with Crippen LogP contribution in [0.5, 0.6) is 0 Å². The number of benzene rings is 1. The maximum Gasteiger partial charge on any atom is 0.163 e. The third kappa shape index (κ3) is 3.94. The molecule has 0 aliphatic rings. The fourth-order valence-corrected chi connectivity index (χ4v) is 2.23. The van der Waals surface area contributed by atoms with Crippen LogP contribution in [0.15, 0.2) is 36.4 Å². The van der Waals surface area contributed by atoms with Crippen molar-refractivity contribution in [2.45, 2.75) is 26.7 Å². The van der Waals surface area contributed by atoms with E-state index in [0.29, 0.717) is 16.9 Å². The summed E-state index contributed by atoms with van der Waals surface area (Å²) in [6, 6.07) is 11.6. The summed E-state index contributed by atoms with van der Waals surface area (Å²) in [4.78, 5) is 8.82. The monoisotopic (exact) mass is 289 g/mol. The molecule has 1 aromatic carbocycles. The molecule has 106 valence electrons. The molecule has 0 spiro atoms. The van der Waals surface area contributed by atoms with E-state index in [4.69, 9.17) is 11.6 Å². The maximum absolute atomic E-state index is 6.09. The minimum absolute atomic E-state index is 0.464. The molecule has 0 saturated heterocycles. The van der Waals surface area contributed by atoms with Gasteiger partial charge in [0.1, 0.15) is 11.0 Å². The quantitative estimate of drug-likeness (QED) is 0.787. The van der Waals surface area contributed by atoms with Gasteiger partial charge < -0.3 is 5.32 Å². The summed E-state index contributed by atoms with van der Waals surface area (Å²) in [5, 5.41) is 3.83. The van der Waals surface area contributed by atoms with Crippen LogP contribution in [0.2, 0.25) is 5.15 Å². The van der Waals surface area contributed by atoms with E-state index < -0.39 is 0 Å². The second-order valence-electron chi connectivity index (χ2n) is 4.83. The molecule has 3 nitrogen and oxygen atoms in total. The van der Waals surface area contributed by atoms with E-state index in [1.807, 2.05) is 30.3 Å². The van der Waals surface area contributed by atoms with Crippen LogP contribution in [-0.4, -0.2) is 16.5 Å². The van der Waals surface area contributed by atoms with Crippen LogP contribution in [0.3, 0.4) is 0 Å². The van der Waals surface area contributed by atoms with Gasteiger partial charge in [0.15, 0.2) is 5.82 Å². The predicted octanol–water partition coefficient (Wildman–Crippen LogP) is 4.65. The summed E-state index contributed by atoms with van der Waals surface area (Å²) < 4.78 is 0. The molecule has 2 aromatic rings. The fraction of sp³-hybridized carbons (Fsp3) is 0.375. The highest BCUT2D eigenvalue weighted by Crippen LogP contribution is 2.20. The maximum atomic E-state index is 6.09. The largest absolute Gasteiger partial charge is 0.370 e. The number of aromatic nitrogens is 2. The summed E-state index contributed by atoms with van der Waals surface area (Å²) in [6.45, 7) is 5.32. The van der Waals surface area contributed by atoms with Gasteiger partial charge in [-0.3, -0.25) is 0 Å². The van der Waals surface area contributed by atoms with Crippen LogP contribution in [0.4, 0.5) is 5.82 Å². The topological polar surface area (TPSA) is 37.8 Å². The Morgan fingerprint density at radius 2 is 1.80 bits per heavy atom. The average molecular weight is 290 g/mol. The Hall–Kier alpha value is -1.61. The molecule has 0 atom stereocenters. The van der Waals surface area contributed by atoms with Crippen molar-refractivity contribution in [1.82, 2.24) is 9.97 Å². The lowest BCUT2D eigenvalue weighted by Gasteiger charge is -2.14. The van der Waals surface area contributed by atoms with Crippen molar-refractivity contribution < 1.29 is 0 Å². The summed E-state index contributed by atoms with van der Waals surface area (Å²) >= 11 is 6.09. The number of nitrogens with zero attached hydrogens (tertiary/aromatic N) is 2. The minimum atomic E-state index is 0.464. The second-order valence-corrected chi connectivity index (χ2v) is 5.22. The number of anilines is 1. The van der Waals surface area contributed by atoms with Crippen molar-refractivity contribution in [3.8, 4) is 11.4 Å². The second kappa shape index (κ2) is 7.25. The highest BCUT2D eigenvalue weighted by molar-refractivity contribution is 6.29. The zero-order valence-corrected chi connectivity index (χ0v) is 12.7. The molecule has 1 aromatic heterocycles. The van der Waals surface area contributed by atoms with Crippen molar-refractivity contribution >= 4 is 17.4 Å². The van der Waals surface area contributed by atoms with Gasteiger partial charge in [-0.15, -0.1) is 0 Å². The van der Waals surface area contributed by atoms with E-state index in [9.17, 15) is 0 Å². The highest BCUT2D eigenvalue weighted by Gasteiger charge is 2.07. The van der Waals surface area contributed by atoms with Crippen LogP contribution < -0.4 is 5.32 Å². The van der Waals surface area contributed by atoms with E-state index >= 15 is 0 Å². The molecule has 0 saturated carbocycles. The average Bonchev–Trinajstić information content (AvgIpc) is 2.49. The molecule has 0 fully saturated rings. The standard InChI is InChI=1S/C16H20ClN3/c1-3-12(4-2)11-18-15-10-14(17)19-16(20-15)13-8-6-5-7-9-13/h5-10,12H,3-4,11H2,1-2H3,(H,18,19,20). The summed E-state index contributed by atoms with van der Waals surface area (Å²) in [5.41, 5.74) is 0.973. The summed E-state index contributed by atoms with van der Waals surface area (Å²) in [7, 11) is 0. The third-order valence-corrected chi connectivity index (χ3v) is 3.65. The molecule has 0 unspecified atom stereocenters. The zero-order valence-electron chi connectivity index (χ0n) is 11.9. The van der Waals surface area contributed by atoms with Crippen LogP contribution >= 0.6 is 11.6 Å². The van der Waals surface area contributed by atoms with Crippen LogP contribution in [-0.2, 0) is 0 Å². The van der Waals surface area contributed by atoms with Crippen molar-refractivity contribution in [1.29, 1.82) is 0 Å². The van der Waals surface area contributed by atoms with Gasteiger partial charge in [-0.1, -0.05) is 68.6 Å². The van der Waals surface area contributed by atoms with Gasteiger partial charge in [0.05, 0.1) is 0 Å². The smallest absolute Gasteiger partial charge is 0.163 e. The van der Waals surface area contributed by atoms with E-state index in [-0.39, 0.29) is 0 Å². The number of hydrogen-bond donors (Lipinski definition) is 1. The summed E-state index contributed by atoms with van der Waals surface area (Å²) in [5.74, 6) is 2.10. The first-order valence-corrected chi connectivity index (χ1v) is 7.44. The molecule has 0 aliphatic carbocycles. The highest BCUT2D eigenvalue weighted by atomic mass is 35.5. The van der Waals surface area contributed by atoms with Gasteiger partial charge in [-0.05, 0) is 5.92 Å². The Balaban J connectivity index is 2.17. The number of hydrogen-bond acceptors (Lipinski definition) is 3. The van der Waals surface area contributed by atoms with Gasteiger partial charge in [0.2, 0.25) is 0 Å². The SMILES string of the molecule is CCC(CC)CNc1cc(Cl)nc(-c2ccccc2)n1. The Morgan fingerprint density at radius 1 is 1.10 bits per heavy atom. The summed E-state index contributed by atoms with van der Waals surface area (Å²) in [6.07, 6.45) is 2.32. The van der Waals surface area contributed by atoms with Gasteiger partial charge in [0, 0.05) is 18.2 Å². The van der Waals surface area contributed by atoms with Crippen molar-refractivity contribution in [2.75, 3.05) is 11.9 Å². The lowest BCUT2D eigenvalue weighted by atomic mass is 10.0. The van der Waals surface area contributed by atoms with Crippen LogP contribution in [0.25, 0.3) is 11.4 Å². The number of halogens is 1. The lowest BCUT2D eigenvalue weighted by Crippen LogP contribution is -2.13. The molecule has 0 amide bonds. The normalized spacial score (nSPS) is 10.8. The van der Waals surface area contributed by atoms with Gasteiger partial charge in [0.25, 0.3) is 0 Å². The molecule has 0 aliphatic heterocycles. The van der Waals surface area contributed by atoms with Gasteiger partial charge in [-0.2, -0.15) is 0 Å². The van der Waals surface area contributed by atoms with Crippen LogP contribution in [0, 0.1) is 5.92 Å². The molecule has 4 heteroatoms. The zero-order chi connectivity index (χ0) is 14.4. The molecule has 1 heterocycles. The Bertz CT molecular complexity index is 539. The van der Waals surface area contributed by atoms with Crippen molar-refractivity contribution in [2.24, 2.45) is 5.92 Å². The van der Waals surface area contributed by atoms with Crippen molar-refractivity contribution in [3.05, 3.63) is 41.6 Å². The molecule has 1 N–H and O–H groups in total. The lowest BCUT2D eigenvalue weighted by molar-refractivity contribution is 0.518. The Morgan fingerprint density at radius 3 is 2.45 bits per heavy atom. The van der Waals surface area contributed by atoms with E-state index in [1.165, 1.54) is 0 Å². The molecule has 20 heavy (non-hydrogen) atoms. The molecule has 0 bridgehead atoms. The van der Waals surface area contributed by atoms with Crippen molar-refractivity contribution in [3.63, 3.8) is 0 Å². The minimum Gasteiger partial charge on any atom is -0.370 e. The molecular weight excluding hydrogens is 270 g/mol. The molecule has 2 rings (SSSR count). The van der Waals surface area contributed by atoms with E-state index in [1.54, 1.807) is 6.07 Å². The fourth-order valence-electron chi connectivity index (χ4n) is 2.05. The Labute approximate surface area is 125 Å². The number of rotatable bonds is 6. The number of nitrogens with one attached hydrogen (secondary N) is 1. The first-order chi connectivity index (χ1) is 9.72. The van der Waals surface area contributed by atoms with Crippen LogP contribution in [0.1, 0.15) is 26.7 Å². The molecule has 0 radical (unpaired) electrons. The van der Waals surface area contributed by atoms with Gasteiger partial charge in [-0.25, -0.2) is 9.97 Å².